The Morgan fingerprint density at radius 1 is 1.21 bits per heavy atom. The molecule has 2 heterocycles. The Kier molecular flexibility index (Phi) is 11.4. The second-order valence-electron chi connectivity index (χ2n) is 7.78. The molecule has 0 saturated carbocycles. The number of carbonyl (C=O) groups is 1. The number of amides is 1. The maximum absolute atomic E-state index is 13.0. The molecule has 0 spiro atoms. The van der Waals surface area contributed by atoms with E-state index in [9.17, 15) is 4.79 Å². The van der Waals surface area contributed by atoms with Crippen molar-refractivity contribution in [3.8, 4) is 0 Å². The number of methoxy groups -OCH3 is 1. The Labute approximate surface area is 181 Å². The summed E-state index contributed by atoms with van der Waals surface area (Å²) < 4.78 is 5.40. The molecule has 3 rings (SSSR count). The molecule has 0 radical (unpaired) electrons. The number of ether oxygens (including phenoxy) is 1. The topological polar surface area (TPSA) is 53.6 Å². The maximum Gasteiger partial charge on any atom is 0.228 e. The van der Waals surface area contributed by atoms with E-state index in [0.29, 0.717) is 12.6 Å². The minimum absolute atomic E-state index is 0. The first-order chi connectivity index (χ1) is 12.7. The van der Waals surface area contributed by atoms with Crippen molar-refractivity contribution in [1.29, 1.82) is 0 Å². The molecule has 5 nitrogen and oxygen atoms in total. The Morgan fingerprint density at radius 2 is 1.93 bits per heavy atom. The molecule has 2 aliphatic rings. The van der Waals surface area contributed by atoms with Crippen LogP contribution in [0.25, 0.3) is 0 Å². The average molecular weight is 432 g/mol. The number of hydrogen-bond donors (Lipinski definition) is 2. The number of benzene rings is 1. The van der Waals surface area contributed by atoms with Gasteiger partial charge in [-0.25, -0.2) is 0 Å². The van der Waals surface area contributed by atoms with Gasteiger partial charge in [-0.05, 0) is 50.9 Å². The highest BCUT2D eigenvalue weighted by molar-refractivity contribution is 5.85. The van der Waals surface area contributed by atoms with Crippen LogP contribution in [0.1, 0.15) is 37.7 Å². The number of halogens is 2. The van der Waals surface area contributed by atoms with Gasteiger partial charge in [0.15, 0.2) is 0 Å². The predicted octanol–water partition coefficient (Wildman–Crippen LogP) is 3.02. The lowest BCUT2D eigenvalue weighted by atomic mass is 9.78. The van der Waals surface area contributed by atoms with Gasteiger partial charge in [-0.15, -0.1) is 24.8 Å². The van der Waals surface area contributed by atoms with E-state index in [2.05, 4.69) is 45.9 Å². The van der Waals surface area contributed by atoms with Crippen LogP contribution < -0.4 is 10.6 Å². The van der Waals surface area contributed by atoms with E-state index >= 15 is 0 Å². The second kappa shape index (κ2) is 12.7. The van der Waals surface area contributed by atoms with Crippen LogP contribution in [-0.4, -0.2) is 56.7 Å². The Hall–Kier alpha value is -0.850. The summed E-state index contributed by atoms with van der Waals surface area (Å²) in [6.45, 7) is 5.11. The molecule has 0 aromatic heterocycles. The van der Waals surface area contributed by atoms with Crippen molar-refractivity contribution in [2.24, 2.45) is 5.41 Å². The van der Waals surface area contributed by atoms with Gasteiger partial charge in [0.25, 0.3) is 0 Å². The molecule has 1 amide bonds. The number of nitrogens with one attached hydrogen (secondary N) is 2. The van der Waals surface area contributed by atoms with E-state index in [4.69, 9.17) is 4.74 Å². The minimum atomic E-state index is -0.362. The van der Waals surface area contributed by atoms with E-state index < -0.39 is 0 Å². The summed E-state index contributed by atoms with van der Waals surface area (Å²) >= 11 is 0. The van der Waals surface area contributed by atoms with Crippen LogP contribution in [0.5, 0.6) is 0 Å². The number of hydrogen-bond acceptors (Lipinski definition) is 4. The van der Waals surface area contributed by atoms with Crippen LogP contribution >= 0.6 is 24.8 Å². The van der Waals surface area contributed by atoms with Crippen molar-refractivity contribution in [3.63, 3.8) is 0 Å². The van der Waals surface area contributed by atoms with Gasteiger partial charge in [0, 0.05) is 26.2 Å². The molecule has 1 aromatic carbocycles. The third kappa shape index (κ3) is 6.60. The molecule has 28 heavy (non-hydrogen) atoms. The van der Waals surface area contributed by atoms with Crippen LogP contribution in [0.4, 0.5) is 0 Å². The lowest BCUT2D eigenvalue weighted by Gasteiger charge is -2.38. The largest absolute Gasteiger partial charge is 0.384 e. The molecule has 2 saturated heterocycles. The van der Waals surface area contributed by atoms with Gasteiger partial charge >= 0.3 is 0 Å². The molecule has 1 atom stereocenters. The van der Waals surface area contributed by atoms with Crippen molar-refractivity contribution in [3.05, 3.63) is 35.9 Å². The van der Waals surface area contributed by atoms with Gasteiger partial charge in [0.1, 0.15) is 0 Å². The van der Waals surface area contributed by atoms with Gasteiger partial charge in [0.2, 0.25) is 5.91 Å². The van der Waals surface area contributed by atoms with Gasteiger partial charge in [-0.3, -0.25) is 9.69 Å². The Bertz CT molecular complexity index is 563. The standard InChI is InChI=1S/C21H33N3O2.2ClH/c1-26-17-21(10-12-22-13-11-21)20(25)23-15-19-9-5-6-14-24(19)16-18-7-3-2-4-8-18;;/h2-4,7-8,19,22H,5-6,9-17H2,1H3,(H,23,25);2*1H. The van der Waals surface area contributed by atoms with Crippen molar-refractivity contribution >= 4 is 30.7 Å². The summed E-state index contributed by atoms with van der Waals surface area (Å²) in [5.74, 6) is 0.172. The lowest BCUT2D eigenvalue weighted by Crippen LogP contribution is -2.53. The normalized spacial score (nSPS) is 21.8. The molecular weight excluding hydrogens is 397 g/mol. The smallest absolute Gasteiger partial charge is 0.228 e. The zero-order valence-electron chi connectivity index (χ0n) is 16.8. The van der Waals surface area contributed by atoms with Crippen LogP contribution in [0.3, 0.4) is 0 Å². The first-order valence-electron chi connectivity index (χ1n) is 9.99. The fraction of sp³-hybridized carbons (Fsp3) is 0.667. The van der Waals surface area contributed by atoms with Crippen molar-refractivity contribution < 1.29 is 9.53 Å². The third-order valence-corrected chi connectivity index (χ3v) is 5.94. The zero-order chi connectivity index (χ0) is 18.2. The summed E-state index contributed by atoms with van der Waals surface area (Å²) in [6, 6.07) is 11.1. The van der Waals surface area contributed by atoms with Gasteiger partial charge < -0.3 is 15.4 Å². The fourth-order valence-corrected chi connectivity index (χ4v) is 4.33. The third-order valence-electron chi connectivity index (χ3n) is 5.94. The van der Waals surface area contributed by atoms with E-state index in [1.165, 1.54) is 18.4 Å². The van der Waals surface area contributed by atoms with Crippen LogP contribution in [0, 0.1) is 5.41 Å². The van der Waals surface area contributed by atoms with Crippen molar-refractivity contribution in [1.82, 2.24) is 15.5 Å². The molecule has 1 unspecified atom stereocenters. The molecule has 0 bridgehead atoms. The molecule has 7 heteroatoms. The maximum atomic E-state index is 13.0. The summed E-state index contributed by atoms with van der Waals surface area (Å²) in [6.07, 6.45) is 5.36. The lowest BCUT2D eigenvalue weighted by molar-refractivity contribution is -0.136. The summed E-state index contributed by atoms with van der Waals surface area (Å²) in [4.78, 5) is 15.5. The van der Waals surface area contributed by atoms with Crippen LogP contribution in [0.15, 0.2) is 30.3 Å². The molecule has 1 aromatic rings. The van der Waals surface area contributed by atoms with Gasteiger partial charge in [-0.2, -0.15) is 0 Å². The number of carbonyl (C=O) groups excluding carboxylic acids is 1. The Morgan fingerprint density at radius 3 is 2.61 bits per heavy atom. The predicted molar refractivity (Wildman–Crippen MR) is 118 cm³/mol. The quantitative estimate of drug-likeness (QED) is 0.696. The number of nitrogens with zero attached hydrogens (tertiary/aromatic N) is 1. The Balaban J connectivity index is 0.00000196. The van der Waals surface area contributed by atoms with E-state index in [0.717, 1.165) is 52.0 Å². The molecule has 2 aliphatic heterocycles. The average Bonchev–Trinajstić information content (AvgIpc) is 2.69. The fourth-order valence-electron chi connectivity index (χ4n) is 4.33. The summed E-state index contributed by atoms with van der Waals surface area (Å²) in [5, 5.41) is 6.62. The van der Waals surface area contributed by atoms with E-state index in [1.807, 2.05) is 0 Å². The number of piperidine rings is 2. The van der Waals surface area contributed by atoms with E-state index in [1.54, 1.807) is 7.11 Å². The highest BCUT2D eigenvalue weighted by Crippen LogP contribution is 2.29. The number of rotatable bonds is 7. The highest BCUT2D eigenvalue weighted by Gasteiger charge is 2.39. The first-order valence-corrected chi connectivity index (χ1v) is 9.99. The SMILES string of the molecule is COCC1(C(=O)NCC2CCCCN2Cc2ccccc2)CCNCC1.Cl.Cl. The molecule has 160 valence electrons. The van der Waals surface area contributed by atoms with Crippen LogP contribution in [-0.2, 0) is 16.1 Å². The van der Waals surface area contributed by atoms with Crippen LogP contribution in [0.2, 0.25) is 0 Å². The highest BCUT2D eigenvalue weighted by atomic mass is 35.5. The first kappa shape index (κ1) is 25.2. The van der Waals surface area contributed by atoms with Gasteiger partial charge in [-0.1, -0.05) is 36.8 Å². The van der Waals surface area contributed by atoms with E-state index in [-0.39, 0.29) is 36.1 Å². The molecular formula is C21H35Cl2N3O2. The van der Waals surface area contributed by atoms with Gasteiger partial charge in [0.05, 0.1) is 12.0 Å². The summed E-state index contributed by atoms with van der Waals surface area (Å²) in [5.41, 5.74) is 0.985. The molecule has 2 fully saturated rings. The monoisotopic (exact) mass is 431 g/mol. The van der Waals surface area contributed by atoms with Crippen molar-refractivity contribution in [2.75, 3.05) is 39.9 Å². The molecule has 2 N–H and O–H groups in total. The molecule has 0 aliphatic carbocycles. The minimum Gasteiger partial charge on any atom is -0.384 e. The summed E-state index contributed by atoms with van der Waals surface area (Å²) in [7, 11) is 1.69. The van der Waals surface area contributed by atoms with Crippen molar-refractivity contribution in [2.45, 2.75) is 44.7 Å². The zero-order valence-corrected chi connectivity index (χ0v) is 18.5. The number of likely N-dealkylation sites (tertiary alicyclic amines) is 1. The second-order valence-corrected chi connectivity index (χ2v) is 7.78.